The van der Waals surface area contributed by atoms with Crippen LogP contribution in [0.4, 0.5) is 0 Å². The molecule has 0 fully saturated rings. The Balaban J connectivity index is 3.41. The van der Waals surface area contributed by atoms with E-state index >= 15 is 0 Å². The Labute approximate surface area is 253 Å². The molecule has 0 aromatic heterocycles. The molecule has 0 radical (unpaired) electrons. The molecule has 1 heterocycles. The fourth-order valence-corrected chi connectivity index (χ4v) is 6.64. The molecule has 12 heteroatoms. The summed E-state index contributed by atoms with van der Waals surface area (Å²) in [5.41, 5.74) is -0.522. The molecular weight excluding hydrogens is 565 g/mol. The second-order valence-electron chi connectivity index (χ2n) is 12.3. The molecule has 1 aliphatic rings. The van der Waals surface area contributed by atoms with E-state index in [1.165, 1.54) is 14.2 Å². The average molecular weight is 622 g/mol. The second kappa shape index (κ2) is 16.1. The van der Waals surface area contributed by atoms with Crippen molar-refractivity contribution in [3.05, 3.63) is 11.3 Å². The SMILES string of the molecule is CO[C@@H](C)C(C[C@@H](C)OC[C@H]([C@@H](C)C1=C(C)C(=O)OC(C)(C)O1)[C@@](C)(C[C@@H](C)C(=O)CP(=O)(OC)OC)OC)N(C)C. The Morgan fingerprint density at radius 1 is 1.05 bits per heavy atom. The predicted molar refractivity (Wildman–Crippen MR) is 161 cm³/mol. The number of cyclic esters (lactones) is 1. The maximum Gasteiger partial charge on any atom is 0.340 e. The summed E-state index contributed by atoms with van der Waals surface area (Å²) in [6.07, 6.45) is 0.546. The maximum absolute atomic E-state index is 13.2. The van der Waals surface area contributed by atoms with Crippen LogP contribution in [-0.2, 0) is 46.9 Å². The quantitative estimate of drug-likeness (QED) is 0.142. The van der Waals surface area contributed by atoms with Crippen LogP contribution < -0.4 is 0 Å². The first-order valence-corrected chi connectivity index (χ1v) is 16.2. The third-order valence-electron chi connectivity index (χ3n) is 8.52. The van der Waals surface area contributed by atoms with Gasteiger partial charge in [0.05, 0.1) is 30.0 Å². The summed E-state index contributed by atoms with van der Waals surface area (Å²) in [5.74, 6) is -2.57. The van der Waals surface area contributed by atoms with Crippen molar-refractivity contribution < 1.29 is 46.9 Å². The molecule has 0 aromatic rings. The van der Waals surface area contributed by atoms with Gasteiger partial charge in [-0.2, -0.15) is 0 Å². The van der Waals surface area contributed by atoms with Gasteiger partial charge in [0.1, 0.15) is 17.7 Å². The van der Waals surface area contributed by atoms with Crippen LogP contribution in [0, 0.1) is 17.8 Å². The predicted octanol–water partition coefficient (Wildman–Crippen LogP) is 5.07. The zero-order chi connectivity index (χ0) is 32.6. The van der Waals surface area contributed by atoms with E-state index in [0.29, 0.717) is 17.8 Å². The van der Waals surface area contributed by atoms with Crippen molar-refractivity contribution in [3.8, 4) is 0 Å². The number of carbonyl (C=O) groups is 2. The molecule has 246 valence electrons. The van der Waals surface area contributed by atoms with Gasteiger partial charge in [-0.3, -0.25) is 9.36 Å². The molecule has 1 unspecified atom stereocenters. The Bertz CT molecular complexity index is 975. The smallest absolute Gasteiger partial charge is 0.340 e. The van der Waals surface area contributed by atoms with Gasteiger partial charge in [0.25, 0.3) is 0 Å². The number of ketones is 1. The third-order valence-corrected chi connectivity index (χ3v) is 10.3. The number of likely N-dealkylation sites (N-methyl/N-ethyl adjacent to an activating group) is 1. The molecule has 0 aromatic carbocycles. The van der Waals surface area contributed by atoms with Crippen molar-refractivity contribution in [2.45, 2.75) is 97.9 Å². The van der Waals surface area contributed by atoms with E-state index in [1.807, 2.05) is 41.8 Å². The molecule has 0 saturated carbocycles. The van der Waals surface area contributed by atoms with Crippen molar-refractivity contribution >= 4 is 19.3 Å². The van der Waals surface area contributed by atoms with Gasteiger partial charge in [-0.05, 0) is 54.6 Å². The van der Waals surface area contributed by atoms with Gasteiger partial charge in [0.2, 0.25) is 5.79 Å². The molecule has 0 aliphatic carbocycles. The standard InChI is InChI=1S/C30H56NO10P/c1-19(26(32)18-42(34,37-13)38-14)16-30(8,36-12)24(17-39-20(2)15-25(31(9)10)23(5)35-11)21(3)27-22(4)28(33)41-29(6,7)40-27/h19-21,23-25H,15-18H2,1-14H3/t19-,20-,21-,23+,24-,25?,30-/m1/s1. The summed E-state index contributed by atoms with van der Waals surface area (Å²) in [4.78, 5) is 28.0. The summed E-state index contributed by atoms with van der Waals surface area (Å²) in [5, 5.41) is 0. The highest BCUT2D eigenvalue weighted by Crippen LogP contribution is 2.47. The average Bonchev–Trinajstić information content (AvgIpc) is 2.92. The normalized spacial score (nSPS) is 21.5. The van der Waals surface area contributed by atoms with Crippen LogP contribution in [0.1, 0.15) is 68.2 Å². The molecule has 1 rings (SSSR count). The molecule has 0 spiro atoms. The largest absolute Gasteiger partial charge is 0.456 e. The van der Waals surface area contributed by atoms with Crippen molar-refractivity contribution in [2.24, 2.45) is 17.8 Å². The van der Waals surface area contributed by atoms with E-state index in [9.17, 15) is 14.2 Å². The van der Waals surface area contributed by atoms with Gasteiger partial charge >= 0.3 is 13.6 Å². The third kappa shape index (κ3) is 10.4. The van der Waals surface area contributed by atoms with E-state index in [1.54, 1.807) is 41.9 Å². The van der Waals surface area contributed by atoms with Crippen LogP contribution >= 0.6 is 7.60 Å². The van der Waals surface area contributed by atoms with Crippen LogP contribution in [-0.4, -0.2) is 102 Å². The van der Waals surface area contributed by atoms with E-state index < -0.39 is 30.9 Å². The first-order valence-electron chi connectivity index (χ1n) is 14.5. The number of ether oxygens (including phenoxy) is 5. The van der Waals surface area contributed by atoms with Gasteiger partial charge in [-0.1, -0.05) is 13.8 Å². The topological polar surface area (TPSA) is 119 Å². The van der Waals surface area contributed by atoms with Gasteiger partial charge in [-0.15, -0.1) is 0 Å². The number of methoxy groups -OCH3 is 2. The zero-order valence-corrected chi connectivity index (χ0v) is 29.2. The first-order chi connectivity index (χ1) is 19.3. The highest BCUT2D eigenvalue weighted by Gasteiger charge is 2.46. The lowest BCUT2D eigenvalue weighted by Gasteiger charge is -2.44. The van der Waals surface area contributed by atoms with E-state index in [0.717, 1.165) is 6.42 Å². The molecule has 1 aliphatic heterocycles. The molecular formula is C30H56NO10P. The fourth-order valence-electron chi connectivity index (χ4n) is 5.54. The summed E-state index contributed by atoms with van der Waals surface area (Å²) in [7, 11) is 6.32. The summed E-state index contributed by atoms with van der Waals surface area (Å²) < 4.78 is 52.5. The monoisotopic (exact) mass is 621 g/mol. The van der Waals surface area contributed by atoms with Gasteiger partial charge in [-0.25, -0.2) is 4.79 Å². The van der Waals surface area contributed by atoms with Crippen molar-refractivity contribution in [1.29, 1.82) is 0 Å². The lowest BCUT2D eigenvalue weighted by molar-refractivity contribution is -0.214. The fraction of sp³-hybridized carbons (Fsp3) is 0.867. The molecule has 11 nitrogen and oxygen atoms in total. The van der Waals surface area contributed by atoms with Crippen LogP contribution in [0.15, 0.2) is 11.3 Å². The minimum absolute atomic E-state index is 0.00346. The van der Waals surface area contributed by atoms with E-state index in [-0.39, 0.29) is 48.6 Å². The number of esters is 1. The molecule has 42 heavy (non-hydrogen) atoms. The summed E-state index contributed by atoms with van der Waals surface area (Å²) in [6.45, 7) is 15.0. The van der Waals surface area contributed by atoms with Gasteiger partial charge < -0.3 is 37.6 Å². The molecule has 7 atom stereocenters. The Morgan fingerprint density at radius 2 is 1.62 bits per heavy atom. The highest BCUT2D eigenvalue weighted by molar-refractivity contribution is 7.54. The lowest BCUT2D eigenvalue weighted by Crippen LogP contribution is -2.48. The number of rotatable bonds is 19. The minimum atomic E-state index is -3.53. The lowest BCUT2D eigenvalue weighted by atomic mass is 9.73. The van der Waals surface area contributed by atoms with E-state index in [2.05, 4.69) is 4.90 Å². The Morgan fingerprint density at radius 3 is 2.10 bits per heavy atom. The Kier molecular flexibility index (Phi) is 14.8. The van der Waals surface area contributed by atoms with Crippen LogP contribution in [0.25, 0.3) is 0 Å². The number of hydrogen-bond donors (Lipinski definition) is 0. The van der Waals surface area contributed by atoms with E-state index in [4.69, 9.17) is 32.7 Å². The molecule has 0 N–H and O–H groups in total. The number of hydrogen-bond acceptors (Lipinski definition) is 11. The Hall–Kier alpha value is -1.33. The van der Waals surface area contributed by atoms with Crippen molar-refractivity contribution in [3.63, 3.8) is 0 Å². The minimum Gasteiger partial charge on any atom is -0.456 e. The molecule has 0 amide bonds. The molecule has 0 saturated heterocycles. The zero-order valence-electron chi connectivity index (χ0n) is 28.3. The van der Waals surface area contributed by atoms with Crippen LogP contribution in [0.2, 0.25) is 0 Å². The van der Waals surface area contributed by atoms with Crippen LogP contribution in [0.3, 0.4) is 0 Å². The number of carbonyl (C=O) groups excluding carboxylic acids is 2. The van der Waals surface area contributed by atoms with Gasteiger partial charge in [0, 0.05) is 66.1 Å². The number of Topliss-reactive ketones (excluding diaryl/α,β-unsaturated/α-hetero) is 1. The number of allylic oxidation sites excluding steroid dienone is 1. The second-order valence-corrected chi connectivity index (χ2v) is 14.6. The summed E-state index contributed by atoms with van der Waals surface area (Å²) in [6, 6.07) is 0.131. The highest BCUT2D eigenvalue weighted by atomic mass is 31.2. The van der Waals surface area contributed by atoms with Crippen LogP contribution in [0.5, 0.6) is 0 Å². The number of nitrogens with zero attached hydrogens (tertiary/aromatic N) is 1. The van der Waals surface area contributed by atoms with Crippen molar-refractivity contribution in [1.82, 2.24) is 4.90 Å². The first kappa shape index (κ1) is 38.7. The summed E-state index contributed by atoms with van der Waals surface area (Å²) >= 11 is 0. The van der Waals surface area contributed by atoms with Gasteiger partial charge in [0.15, 0.2) is 0 Å². The van der Waals surface area contributed by atoms with Crippen molar-refractivity contribution in [2.75, 3.05) is 55.3 Å². The molecule has 0 bridgehead atoms. The maximum atomic E-state index is 13.2.